The minimum Gasteiger partial charge on any atom is -0.378 e. The van der Waals surface area contributed by atoms with Gasteiger partial charge in [-0.15, -0.1) is 5.10 Å². The predicted octanol–water partition coefficient (Wildman–Crippen LogP) is 2.21. The summed E-state index contributed by atoms with van der Waals surface area (Å²) in [7, 11) is 0. The standard InChI is InChI=1S/C17H22N4O/c1-12-13-6-2-3-7-14(13)17(20-19-12)18-15-10-22-11-16(15)21-8-4-5-9-21/h2-3,6-7,15-16H,4-5,8-11H2,1H3,(H,18,20)/t15-,16-/m0/s1. The summed E-state index contributed by atoms with van der Waals surface area (Å²) in [5.41, 5.74) is 0.972. The fourth-order valence-electron chi connectivity index (χ4n) is 3.63. The van der Waals surface area contributed by atoms with Crippen molar-refractivity contribution in [2.45, 2.75) is 31.8 Å². The normalized spacial score (nSPS) is 25.9. The number of aryl methyl sites for hydroxylation is 1. The molecule has 1 aromatic heterocycles. The lowest BCUT2D eigenvalue weighted by Gasteiger charge is -2.28. The Morgan fingerprint density at radius 2 is 1.86 bits per heavy atom. The average Bonchev–Trinajstić information content (AvgIpc) is 3.21. The Labute approximate surface area is 130 Å². The van der Waals surface area contributed by atoms with Gasteiger partial charge in [-0.1, -0.05) is 24.3 Å². The Morgan fingerprint density at radius 1 is 1.09 bits per heavy atom. The Bertz CT molecular complexity index is 669. The van der Waals surface area contributed by atoms with Crippen LogP contribution in [0.5, 0.6) is 0 Å². The highest BCUT2D eigenvalue weighted by atomic mass is 16.5. The fourth-order valence-corrected chi connectivity index (χ4v) is 3.63. The summed E-state index contributed by atoms with van der Waals surface area (Å²) >= 11 is 0. The molecule has 2 aromatic rings. The van der Waals surface area contributed by atoms with E-state index < -0.39 is 0 Å². The van der Waals surface area contributed by atoms with Crippen molar-refractivity contribution in [3.63, 3.8) is 0 Å². The van der Waals surface area contributed by atoms with E-state index in [1.165, 1.54) is 25.9 Å². The summed E-state index contributed by atoms with van der Waals surface area (Å²) in [6, 6.07) is 9.06. The first-order chi connectivity index (χ1) is 10.8. The van der Waals surface area contributed by atoms with Crippen LogP contribution in [0.1, 0.15) is 18.5 Å². The van der Waals surface area contributed by atoms with Crippen molar-refractivity contribution in [3.8, 4) is 0 Å². The van der Waals surface area contributed by atoms with E-state index in [1.54, 1.807) is 0 Å². The zero-order valence-electron chi connectivity index (χ0n) is 13.0. The van der Waals surface area contributed by atoms with Crippen LogP contribution in [0.4, 0.5) is 5.82 Å². The van der Waals surface area contributed by atoms with Gasteiger partial charge in [0.25, 0.3) is 0 Å². The largest absolute Gasteiger partial charge is 0.378 e. The third kappa shape index (κ3) is 2.44. The highest BCUT2D eigenvalue weighted by Crippen LogP contribution is 2.26. The molecule has 1 aromatic carbocycles. The first kappa shape index (κ1) is 13.9. The molecule has 5 heteroatoms. The molecular formula is C17H22N4O. The lowest BCUT2D eigenvalue weighted by atomic mass is 10.1. The molecule has 4 rings (SSSR count). The molecule has 0 amide bonds. The predicted molar refractivity (Wildman–Crippen MR) is 87.1 cm³/mol. The van der Waals surface area contributed by atoms with Crippen LogP contribution < -0.4 is 5.32 Å². The van der Waals surface area contributed by atoms with Crippen molar-refractivity contribution < 1.29 is 4.74 Å². The molecule has 2 fully saturated rings. The molecular weight excluding hydrogens is 276 g/mol. The molecule has 5 nitrogen and oxygen atoms in total. The number of nitrogens with one attached hydrogen (secondary N) is 1. The lowest BCUT2D eigenvalue weighted by Crippen LogP contribution is -2.45. The van der Waals surface area contributed by atoms with E-state index in [1.807, 2.05) is 13.0 Å². The van der Waals surface area contributed by atoms with E-state index >= 15 is 0 Å². The van der Waals surface area contributed by atoms with Gasteiger partial charge in [0.2, 0.25) is 0 Å². The first-order valence-electron chi connectivity index (χ1n) is 8.13. The van der Waals surface area contributed by atoms with E-state index in [0.717, 1.165) is 35.5 Å². The molecule has 116 valence electrons. The molecule has 0 saturated carbocycles. The van der Waals surface area contributed by atoms with Crippen molar-refractivity contribution in [1.82, 2.24) is 15.1 Å². The second-order valence-corrected chi connectivity index (χ2v) is 6.28. The number of aromatic nitrogens is 2. The van der Waals surface area contributed by atoms with Gasteiger partial charge in [0.15, 0.2) is 5.82 Å². The van der Waals surface area contributed by atoms with E-state index in [-0.39, 0.29) is 0 Å². The molecule has 2 aliphatic rings. The fraction of sp³-hybridized carbons (Fsp3) is 0.529. The number of anilines is 1. The monoisotopic (exact) mass is 298 g/mol. The third-order valence-corrected chi connectivity index (χ3v) is 4.85. The van der Waals surface area contributed by atoms with Gasteiger partial charge >= 0.3 is 0 Å². The van der Waals surface area contributed by atoms with Gasteiger partial charge in [-0.2, -0.15) is 5.10 Å². The van der Waals surface area contributed by atoms with Crippen LogP contribution >= 0.6 is 0 Å². The average molecular weight is 298 g/mol. The Balaban J connectivity index is 1.61. The molecule has 3 heterocycles. The summed E-state index contributed by atoms with van der Waals surface area (Å²) in [5.74, 6) is 0.876. The molecule has 2 saturated heterocycles. The van der Waals surface area contributed by atoms with Gasteiger partial charge in [0.1, 0.15) is 0 Å². The van der Waals surface area contributed by atoms with Crippen molar-refractivity contribution in [2.24, 2.45) is 0 Å². The quantitative estimate of drug-likeness (QED) is 0.941. The molecule has 0 bridgehead atoms. The van der Waals surface area contributed by atoms with Crippen LogP contribution in [0.15, 0.2) is 24.3 Å². The summed E-state index contributed by atoms with van der Waals surface area (Å²) in [6.45, 7) is 5.93. The van der Waals surface area contributed by atoms with Crippen molar-refractivity contribution in [1.29, 1.82) is 0 Å². The van der Waals surface area contributed by atoms with Crippen molar-refractivity contribution in [2.75, 3.05) is 31.6 Å². The van der Waals surface area contributed by atoms with Gasteiger partial charge in [0, 0.05) is 10.8 Å². The van der Waals surface area contributed by atoms with Crippen molar-refractivity contribution >= 4 is 16.6 Å². The van der Waals surface area contributed by atoms with Crippen molar-refractivity contribution in [3.05, 3.63) is 30.0 Å². The Kier molecular flexibility index (Phi) is 3.68. The maximum Gasteiger partial charge on any atom is 0.156 e. The minimum atomic E-state index is 0.290. The van der Waals surface area contributed by atoms with Crippen LogP contribution in [0.2, 0.25) is 0 Å². The number of ether oxygens (including phenoxy) is 1. The van der Waals surface area contributed by atoms with Crippen LogP contribution in [-0.2, 0) is 4.74 Å². The SMILES string of the molecule is Cc1nnc(N[C@H]2COC[C@@H]2N2CCCC2)c2ccccc12. The maximum atomic E-state index is 5.74. The second-order valence-electron chi connectivity index (χ2n) is 6.28. The van der Waals surface area contributed by atoms with Crippen LogP contribution in [0.25, 0.3) is 10.8 Å². The van der Waals surface area contributed by atoms with E-state index in [4.69, 9.17) is 4.74 Å². The van der Waals surface area contributed by atoms with E-state index in [2.05, 4.69) is 38.6 Å². The Hall–Kier alpha value is -1.72. The number of hydrogen-bond acceptors (Lipinski definition) is 5. The van der Waals surface area contributed by atoms with E-state index in [0.29, 0.717) is 12.1 Å². The van der Waals surface area contributed by atoms with Crippen LogP contribution in [-0.4, -0.2) is 53.5 Å². The van der Waals surface area contributed by atoms with Gasteiger partial charge in [-0.3, -0.25) is 4.90 Å². The summed E-state index contributed by atoms with van der Waals surface area (Å²) in [5, 5.41) is 14.6. The molecule has 0 radical (unpaired) electrons. The molecule has 22 heavy (non-hydrogen) atoms. The molecule has 0 unspecified atom stereocenters. The number of fused-ring (bicyclic) bond motifs is 1. The summed E-state index contributed by atoms with van der Waals surface area (Å²) in [4.78, 5) is 2.55. The minimum absolute atomic E-state index is 0.290. The highest BCUT2D eigenvalue weighted by molar-refractivity contribution is 5.92. The van der Waals surface area contributed by atoms with Gasteiger partial charge < -0.3 is 10.1 Å². The summed E-state index contributed by atoms with van der Waals surface area (Å²) < 4.78 is 5.74. The topological polar surface area (TPSA) is 50.3 Å². The number of benzene rings is 1. The third-order valence-electron chi connectivity index (χ3n) is 4.85. The zero-order chi connectivity index (χ0) is 14.9. The molecule has 0 aliphatic carbocycles. The number of likely N-dealkylation sites (tertiary alicyclic amines) is 1. The van der Waals surface area contributed by atoms with Crippen LogP contribution in [0.3, 0.4) is 0 Å². The van der Waals surface area contributed by atoms with Gasteiger partial charge in [-0.05, 0) is 32.9 Å². The first-order valence-corrected chi connectivity index (χ1v) is 8.13. The Morgan fingerprint density at radius 3 is 2.68 bits per heavy atom. The molecule has 1 N–H and O–H groups in total. The maximum absolute atomic E-state index is 5.74. The lowest BCUT2D eigenvalue weighted by molar-refractivity contribution is 0.159. The van der Waals surface area contributed by atoms with Gasteiger partial charge in [-0.25, -0.2) is 0 Å². The highest BCUT2D eigenvalue weighted by Gasteiger charge is 2.34. The van der Waals surface area contributed by atoms with E-state index in [9.17, 15) is 0 Å². The molecule has 2 atom stereocenters. The second kappa shape index (κ2) is 5.82. The number of rotatable bonds is 3. The zero-order valence-corrected chi connectivity index (χ0v) is 13.0. The smallest absolute Gasteiger partial charge is 0.156 e. The number of nitrogens with zero attached hydrogens (tertiary/aromatic N) is 3. The summed E-state index contributed by atoms with van der Waals surface area (Å²) in [6.07, 6.45) is 2.60. The molecule has 2 aliphatic heterocycles. The molecule has 0 spiro atoms. The van der Waals surface area contributed by atoms with Gasteiger partial charge in [0.05, 0.1) is 31.0 Å². The number of hydrogen-bond donors (Lipinski definition) is 1. The van der Waals surface area contributed by atoms with Crippen LogP contribution in [0, 0.1) is 6.92 Å².